The number of rotatable bonds is 7. The van der Waals surface area contributed by atoms with E-state index in [0.29, 0.717) is 5.71 Å². The van der Waals surface area contributed by atoms with Gasteiger partial charge in [-0.15, -0.1) is 0 Å². The number of hydrogen-bond acceptors (Lipinski definition) is 2. The lowest BCUT2D eigenvalue weighted by Gasteiger charge is -2.33. The summed E-state index contributed by atoms with van der Waals surface area (Å²) in [6.45, 7) is 1.83. The van der Waals surface area contributed by atoms with Crippen LogP contribution in [0.5, 0.6) is 0 Å². The van der Waals surface area contributed by atoms with Crippen molar-refractivity contribution in [1.82, 2.24) is 0 Å². The molecule has 0 saturated heterocycles. The standard InChI is InChI=1S/C52H40N2/c1-34(53)35-24-28-40(29-25-35)54(39-18-9-4-10-19-39)41-30-26-36(27-31-41)42-32-33-47-50-43(42)22-13-23-46(50)51-48(37-14-5-2-6-15-37)44-20-11-12-21-45(44)49(52(47)51)38-16-7-3-8-17-38/h2-5,7-14,16-33,51-53H,6,15H2,1H3. The highest BCUT2D eigenvalue weighted by molar-refractivity contribution is 6.06. The minimum absolute atomic E-state index is 0.225. The number of nitrogens with one attached hydrogen (secondary N) is 1. The fraction of sp³-hybridized carbons (Fsp3) is 0.0962. The maximum absolute atomic E-state index is 8.10. The second-order valence-corrected chi connectivity index (χ2v) is 14.7. The molecule has 0 bridgehead atoms. The summed E-state index contributed by atoms with van der Waals surface area (Å²) in [4.78, 5) is 2.29. The van der Waals surface area contributed by atoms with Crippen molar-refractivity contribution >= 4 is 44.7 Å². The molecule has 0 heterocycles. The number of benzene rings is 7. The van der Waals surface area contributed by atoms with Gasteiger partial charge in [-0.25, -0.2) is 0 Å². The van der Waals surface area contributed by atoms with Crippen LogP contribution in [0.4, 0.5) is 17.1 Å². The van der Waals surface area contributed by atoms with Crippen molar-refractivity contribution in [2.75, 3.05) is 4.90 Å². The van der Waals surface area contributed by atoms with Crippen LogP contribution < -0.4 is 15.3 Å². The van der Waals surface area contributed by atoms with Gasteiger partial charge in [0.15, 0.2) is 0 Å². The average Bonchev–Trinajstić information content (AvgIpc) is 3.56. The van der Waals surface area contributed by atoms with Crippen LogP contribution in [0.2, 0.25) is 0 Å². The molecule has 2 unspecified atom stereocenters. The van der Waals surface area contributed by atoms with Crippen LogP contribution in [0.15, 0.2) is 188 Å². The molecule has 3 aliphatic carbocycles. The van der Waals surface area contributed by atoms with Crippen molar-refractivity contribution in [1.29, 1.82) is 5.41 Å². The third kappa shape index (κ3) is 5.21. The van der Waals surface area contributed by atoms with E-state index in [0.717, 1.165) is 35.5 Å². The van der Waals surface area contributed by atoms with Gasteiger partial charge in [0, 0.05) is 34.6 Å². The molecule has 0 saturated carbocycles. The molecule has 258 valence electrons. The van der Waals surface area contributed by atoms with E-state index in [2.05, 4.69) is 175 Å². The SMILES string of the molecule is CC(=N)c1ccc(N(c2ccccc2)c2ccc(-c3ccc4c5c(cccc35)C3C(C5=CC=CCC5)=c5ccccc5=C(c5ccccc5)C43)cc2)cc1. The Kier molecular flexibility index (Phi) is 7.84. The Morgan fingerprint density at radius 2 is 1.17 bits per heavy atom. The highest BCUT2D eigenvalue weighted by atomic mass is 15.1. The minimum atomic E-state index is 0.225. The van der Waals surface area contributed by atoms with Crippen LogP contribution in [0.1, 0.15) is 53.9 Å². The van der Waals surface area contributed by atoms with Crippen LogP contribution in [0, 0.1) is 5.41 Å². The fourth-order valence-electron chi connectivity index (χ4n) is 9.35. The van der Waals surface area contributed by atoms with Crippen LogP contribution in [-0.2, 0) is 0 Å². The highest BCUT2D eigenvalue weighted by Crippen LogP contribution is 2.58. The van der Waals surface area contributed by atoms with Crippen molar-refractivity contribution in [2.45, 2.75) is 31.6 Å². The normalized spacial score (nSPS) is 16.9. The van der Waals surface area contributed by atoms with E-state index in [1.165, 1.54) is 65.7 Å². The van der Waals surface area contributed by atoms with Gasteiger partial charge in [0.05, 0.1) is 0 Å². The quantitative estimate of drug-likeness (QED) is 0.165. The Morgan fingerprint density at radius 3 is 1.85 bits per heavy atom. The average molecular weight is 693 g/mol. The largest absolute Gasteiger partial charge is 0.311 e. The maximum atomic E-state index is 8.10. The van der Waals surface area contributed by atoms with Crippen molar-refractivity contribution < 1.29 is 0 Å². The molecule has 2 nitrogen and oxygen atoms in total. The predicted octanol–water partition coefficient (Wildman–Crippen LogP) is 11.9. The number of nitrogens with zero attached hydrogens (tertiary/aromatic N) is 1. The molecule has 0 aliphatic heterocycles. The van der Waals surface area contributed by atoms with E-state index in [4.69, 9.17) is 5.41 Å². The van der Waals surface area contributed by atoms with Gasteiger partial charge in [-0.2, -0.15) is 0 Å². The Bertz CT molecular complexity index is 2770. The van der Waals surface area contributed by atoms with Gasteiger partial charge in [0.2, 0.25) is 0 Å². The molecule has 0 amide bonds. The van der Waals surface area contributed by atoms with E-state index in [1.54, 1.807) is 0 Å². The molecule has 1 N–H and O–H groups in total. The molecule has 2 atom stereocenters. The number of hydrogen-bond donors (Lipinski definition) is 1. The lowest BCUT2D eigenvalue weighted by Crippen LogP contribution is -2.38. The van der Waals surface area contributed by atoms with E-state index >= 15 is 0 Å². The Hall–Kier alpha value is -6.51. The van der Waals surface area contributed by atoms with E-state index in [9.17, 15) is 0 Å². The second kappa shape index (κ2) is 13.2. The summed E-state index contributed by atoms with van der Waals surface area (Å²) < 4.78 is 0. The zero-order valence-electron chi connectivity index (χ0n) is 30.3. The first-order valence-corrected chi connectivity index (χ1v) is 19.1. The third-order valence-corrected chi connectivity index (χ3v) is 11.7. The van der Waals surface area contributed by atoms with Gasteiger partial charge < -0.3 is 10.3 Å². The number of anilines is 3. The third-order valence-electron chi connectivity index (χ3n) is 11.7. The molecular weight excluding hydrogens is 653 g/mol. The summed E-state index contributed by atoms with van der Waals surface area (Å²) >= 11 is 0. The zero-order valence-corrected chi connectivity index (χ0v) is 30.3. The van der Waals surface area contributed by atoms with Gasteiger partial charge >= 0.3 is 0 Å². The van der Waals surface area contributed by atoms with Crippen LogP contribution >= 0.6 is 0 Å². The number of fused-ring (bicyclic) bond motifs is 4. The van der Waals surface area contributed by atoms with Crippen molar-refractivity contribution in [3.63, 3.8) is 0 Å². The molecule has 54 heavy (non-hydrogen) atoms. The summed E-state index contributed by atoms with van der Waals surface area (Å²) in [7, 11) is 0. The van der Waals surface area contributed by atoms with Crippen molar-refractivity contribution in [2.24, 2.45) is 0 Å². The maximum Gasteiger partial charge on any atom is 0.0462 e. The van der Waals surface area contributed by atoms with Crippen LogP contribution in [-0.4, -0.2) is 5.71 Å². The molecule has 2 heteroatoms. The van der Waals surface area contributed by atoms with Gasteiger partial charge in [-0.3, -0.25) is 0 Å². The first-order chi connectivity index (χ1) is 26.7. The van der Waals surface area contributed by atoms with Gasteiger partial charge in [-0.05, 0) is 127 Å². The fourth-order valence-corrected chi connectivity index (χ4v) is 9.35. The van der Waals surface area contributed by atoms with Crippen LogP contribution in [0.25, 0.3) is 33.0 Å². The first-order valence-electron chi connectivity index (χ1n) is 19.1. The molecule has 7 aromatic carbocycles. The molecule has 3 aliphatic rings. The zero-order chi connectivity index (χ0) is 36.2. The van der Waals surface area contributed by atoms with Gasteiger partial charge in [0.25, 0.3) is 0 Å². The Labute approximate surface area is 316 Å². The molecular formula is C52H40N2. The molecule has 10 rings (SSSR count). The van der Waals surface area contributed by atoms with E-state index in [-0.39, 0.29) is 11.8 Å². The lowest BCUT2D eigenvalue weighted by molar-refractivity contribution is 0.779. The van der Waals surface area contributed by atoms with Crippen LogP contribution in [0.3, 0.4) is 0 Å². The molecule has 0 spiro atoms. The molecule has 0 fully saturated rings. The summed E-state index contributed by atoms with van der Waals surface area (Å²) in [5, 5.41) is 13.6. The molecule has 7 aromatic rings. The Morgan fingerprint density at radius 1 is 0.556 bits per heavy atom. The molecule has 0 aromatic heterocycles. The summed E-state index contributed by atoms with van der Waals surface area (Å²) in [5.41, 5.74) is 15.8. The first kappa shape index (κ1) is 32.2. The number of para-hydroxylation sites is 1. The van der Waals surface area contributed by atoms with Crippen molar-refractivity contribution in [3.05, 3.63) is 220 Å². The topological polar surface area (TPSA) is 27.1 Å². The Balaban J connectivity index is 1.13. The summed E-state index contributed by atoms with van der Waals surface area (Å²) in [6.07, 6.45) is 9.08. The van der Waals surface area contributed by atoms with E-state index < -0.39 is 0 Å². The summed E-state index contributed by atoms with van der Waals surface area (Å²) in [5.74, 6) is 0.467. The number of allylic oxidation sites excluding steroid dienone is 4. The predicted molar refractivity (Wildman–Crippen MR) is 227 cm³/mol. The van der Waals surface area contributed by atoms with E-state index in [1.807, 2.05) is 19.1 Å². The highest BCUT2D eigenvalue weighted by Gasteiger charge is 2.42. The smallest absolute Gasteiger partial charge is 0.0462 e. The summed E-state index contributed by atoms with van der Waals surface area (Å²) in [6, 6.07) is 59.9. The monoisotopic (exact) mass is 692 g/mol. The van der Waals surface area contributed by atoms with Gasteiger partial charge in [-0.1, -0.05) is 146 Å². The lowest BCUT2D eigenvalue weighted by atomic mass is 9.69. The van der Waals surface area contributed by atoms with Crippen molar-refractivity contribution in [3.8, 4) is 11.1 Å². The van der Waals surface area contributed by atoms with Gasteiger partial charge in [0.1, 0.15) is 0 Å². The molecule has 0 radical (unpaired) electrons. The minimum Gasteiger partial charge on any atom is -0.311 e. The second-order valence-electron chi connectivity index (χ2n) is 14.7.